The number of hydrogen-bond donors (Lipinski definition) is 1. The topological polar surface area (TPSA) is 55.6 Å². The number of ether oxygens (including phenoxy) is 1. The fourth-order valence-corrected chi connectivity index (χ4v) is 3.71. The summed E-state index contributed by atoms with van der Waals surface area (Å²) >= 11 is 0. The molecule has 1 aromatic rings. The number of likely N-dealkylation sites (tertiary alicyclic amines) is 1. The number of fused-ring (bicyclic) bond motifs is 1. The highest BCUT2D eigenvalue weighted by atomic mass is 16.5. The SMILES string of the molecule is NCc1ccc(OCC(=O)N2CCCC3CCCC32)cc1. The standard InChI is InChI=1S/C17H24N2O2/c18-11-13-6-8-15(9-7-13)21-12-17(20)19-10-2-4-14-3-1-5-16(14)19/h6-9,14,16H,1-5,10-12,18H2. The summed E-state index contributed by atoms with van der Waals surface area (Å²) in [6.07, 6.45) is 6.14. The first-order chi connectivity index (χ1) is 10.3. The van der Waals surface area contributed by atoms with Gasteiger partial charge < -0.3 is 15.4 Å². The average Bonchev–Trinajstić information content (AvgIpc) is 3.01. The maximum Gasteiger partial charge on any atom is 0.260 e. The van der Waals surface area contributed by atoms with Crippen LogP contribution in [0.2, 0.25) is 0 Å². The number of rotatable bonds is 4. The van der Waals surface area contributed by atoms with Crippen LogP contribution in [0.1, 0.15) is 37.7 Å². The van der Waals surface area contributed by atoms with Crippen molar-refractivity contribution >= 4 is 5.91 Å². The zero-order chi connectivity index (χ0) is 14.7. The Labute approximate surface area is 126 Å². The van der Waals surface area contributed by atoms with Gasteiger partial charge in [0.05, 0.1) is 0 Å². The molecule has 0 spiro atoms. The van der Waals surface area contributed by atoms with E-state index in [1.54, 1.807) is 0 Å². The first kappa shape index (κ1) is 14.4. The molecule has 114 valence electrons. The van der Waals surface area contributed by atoms with Crippen molar-refractivity contribution in [1.82, 2.24) is 4.90 Å². The largest absolute Gasteiger partial charge is 0.484 e. The van der Waals surface area contributed by atoms with Crippen LogP contribution in [0, 0.1) is 5.92 Å². The zero-order valence-electron chi connectivity index (χ0n) is 12.5. The van der Waals surface area contributed by atoms with E-state index < -0.39 is 0 Å². The quantitative estimate of drug-likeness (QED) is 0.925. The van der Waals surface area contributed by atoms with Crippen LogP contribution in [0.15, 0.2) is 24.3 Å². The molecule has 2 N–H and O–H groups in total. The van der Waals surface area contributed by atoms with Crippen molar-refractivity contribution in [3.05, 3.63) is 29.8 Å². The molecule has 0 aromatic heterocycles. The Morgan fingerprint density at radius 3 is 2.71 bits per heavy atom. The van der Waals surface area contributed by atoms with Crippen molar-refractivity contribution in [2.45, 2.75) is 44.7 Å². The van der Waals surface area contributed by atoms with Gasteiger partial charge in [-0.25, -0.2) is 0 Å². The molecular formula is C17H24N2O2. The fraction of sp³-hybridized carbons (Fsp3) is 0.588. The molecule has 1 aliphatic carbocycles. The number of nitrogens with two attached hydrogens (primary N) is 1. The number of nitrogens with zero attached hydrogens (tertiary/aromatic N) is 1. The van der Waals surface area contributed by atoms with Crippen LogP contribution in [0.3, 0.4) is 0 Å². The van der Waals surface area contributed by atoms with Crippen molar-refractivity contribution in [2.75, 3.05) is 13.2 Å². The molecule has 21 heavy (non-hydrogen) atoms. The van der Waals surface area contributed by atoms with E-state index in [9.17, 15) is 4.79 Å². The minimum absolute atomic E-state index is 0.134. The average molecular weight is 288 g/mol. The Morgan fingerprint density at radius 1 is 1.19 bits per heavy atom. The fourth-order valence-electron chi connectivity index (χ4n) is 3.71. The normalized spacial score (nSPS) is 24.7. The Hall–Kier alpha value is -1.55. The number of carbonyl (C=O) groups excluding carboxylic acids is 1. The van der Waals surface area contributed by atoms with Crippen LogP contribution < -0.4 is 10.5 Å². The Bertz CT molecular complexity index is 486. The molecule has 4 nitrogen and oxygen atoms in total. The van der Waals surface area contributed by atoms with Gasteiger partial charge in [-0.15, -0.1) is 0 Å². The van der Waals surface area contributed by atoms with Gasteiger partial charge in [0.1, 0.15) is 5.75 Å². The van der Waals surface area contributed by atoms with Crippen molar-refractivity contribution in [3.63, 3.8) is 0 Å². The molecule has 0 bridgehead atoms. The summed E-state index contributed by atoms with van der Waals surface area (Å²) in [5.74, 6) is 1.60. The van der Waals surface area contributed by atoms with E-state index in [0.717, 1.165) is 30.2 Å². The highest BCUT2D eigenvalue weighted by Crippen LogP contribution is 2.36. The molecule has 2 aliphatic rings. The molecule has 2 unspecified atom stereocenters. The molecule has 4 heteroatoms. The molecule has 1 heterocycles. The Kier molecular flexibility index (Phi) is 4.44. The smallest absolute Gasteiger partial charge is 0.260 e. The van der Waals surface area contributed by atoms with Crippen LogP contribution in [0.25, 0.3) is 0 Å². The minimum Gasteiger partial charge on any atom is -0.484 e. The predicted octanol–water partition coefficient (Wildman–Crippen LogP) is 2.32. The van der Waals surface area contributed by atoms with Gasteiger partial charge >= 0.3 is 0 Å². The van der Waals surface area contributed by atoms with E-state index in [4.69, 9.17) is 10.5 Å². The van der Waals surface area contributed by atoms with E-state index >= 15 is 0 Å². The molecule has 0 radical (unpaired) electrons. The van der Waals surface area contributed by atoms with Crippen LogP contribution >= 0.6 is 0 Å². The minimum atomic E-state index is 0.134. The second kappa shape index (κ2) is 6.48. The monoisotopic (exact) mass is 288 g/mol. The predicted molar refractivity (Wildman–Crippen MR) is 81.9 cm³/mol. The summed E-state index contributed by atoms with van der Waals surface area (Å²) < 4.78 is 5.64. The van der Waals surface area contributed by atoms with Gasteiger partial charge in [-0.3, -0.25) is 4.79 Å². The molecule has 1 saturated carbocycles. The molecule has 3 rings (SSSR count). The summed E-state index contributed by atoms with van der Waals surface area (Å²) in [6, 6.07) is 8.10. The van der Waals surface area contributed by atoms with E-state index in [2.05, 4.69) is 4.90 Å². The molecule has 1 saturated heterocycles. The van der Waals surface area contributed by atoms with E-state index in [-0.39, 0.29) is 12.5 Å². The second-order valence-electron chi connectivity index (χ2n) is 6.12. The zero-order valence-corrected chi connectivity index (χ0v) is 12.5. The van der Waals surface area contributed by atoms with Gasteiger partial charge in [-0.1, -0.05) is 18.6 Å². The van der Waals surface area contributed by atoms with E-state index in [1.807, 2.05) is 24.3 Å². The van der Waals surface area contributed by atoms with Crippen molar-refractivity contribution in [1.29, 1.82) is 0 Å². The van der Waals surface area contributed by atoms with Gasteiger partial charge in [-0.05, 0) is 49.3 Å². The number of piperidine rings is 1. The van der Waals surface area contributed by atoms with Gasteiger partial charge in [0, 0.05) is 19.1 Å². The molecular weight excluding hydrogens is 264 g/mol. The van der Waals surface area contributed by atoms with Crippen LogP contribution in [0.5, 0.6) is 5.75 Å². The molecule has 2 fully saturated rings. The highest BCUT2D eigenvalue weighted by molar-refractivity contribution is 5.78. The highest BCUT2D eigenvalue weighted by Gasteiger charge is 2.37. The lowest BCUT2D eigenvalue weighted by Gasteiger charge is -2.37. The molecule has 1 aliphatic heterocycles. The lowest BCUT2D eigenvalue weighted by Crippen LogP contribution is -2.47. The maximum atomic E-state index is 12.4. The third-order valence-electron chi connectivity index (χ3n) is 4.83. The van der Waals surface area contributed by atoms with Gasteiger partial charge in [0.25, 0.3) is 5.91 Å². The summed E-state index contributed by atoms with van der Waals surface area (Å²) in [5.41, 5.74) is 6.64. The van der Waals surface area contributed by atoms with E-state index in [1.165, 1.54) is 25.7 Å². The lowest BCUT2D eigenvalue weighted by molar-refractivity contribution is -0.138. The summed E-state index contributed by atoms with van der Waals surface area (Å²) in [4.78, 5) is 14.5. The van der Waals surface area contributed by atoms with Gasteiger partial charge in [0.15, 0.2) is 6.61 Å². The number of amides is 1. The number of hydrogen-bond acceptors (Lipinski definition) is 3. The summed E-state index contributed by atoms with van der Waals surface area (Å²) in [6.45, 7) is 1.57. The lowest BCUT2D eigenvalue weighted by atomic mass is 9.92. The summed E-state index contributed by atoms with van der Waals surface area (Å²) in [7, 11) is 0. The third-order valence-corrected chi connectivity index (χ3v) is 4.83. The second-order valence-corrected chi connectivity index (χ2v) is 6.12. The van der Waals surface area contributed by atoms with Crippen molar-refractivity contribution in [2.24, 2.45) is 11.7 Å². The van der Waals surface area contributed by atoms with Crippen molar-refractivity contribution in [3.8, 4) is 5.75 Å². The van der Waals surface area contributed by atoms with Crippen LogP contribution in [-0.2, 0) is 11.3 Å². The summed E-state index contributed by atoms with van der Waals surface area (Å²) in [5, 5.41) is 0. The number of benzene rings is 1. The van der Waals surface area contributed by atoms with Gasteiger partial charge in [0.2, 0.25) is 0 Å². The van der Waals surface area contributed by atoms with Crippen LogP contribution in [0.4, 0.5) is 0 Å². The van der Waals surface area contributed by atoms with Crippen LogP contribution in [-0.4, -0.2) is 30.0 Å². The first-order valence-corrected chi connectivity index (χ1v) is 7.99. The molecule has 1 aromatic carbocycles. The number of carbonyl (C=O) groups is 1. The Morgan fingerprint density at radius 2 is 1.95 bits per heavy atom. The third kappa shape index (κ3) is 3.21. The van der Waals surface area contributed by atoms with Gasteiger partial charge in [-0.2, -0.15) is 0 Å². The van der Waals surface area contributed by atoms with E-state index in [0.29, 0.717) is 12.6 Å². The maximum absolute atomic E-state index is 12.4. The molecule has 1 amide bonds. The molecule has 2 atom stereocenters. The Balaban J connectivity index is 1.55. The van der Waals surface area contributed by atoms with Crippen molar-refractivity contribution < 1.29 is 9.53 Å². The first-order valence-electron chi connectivity index (χ1n) is 7.99.